The first-order chi connectivity index (χ1) is 5.09. The fraction of sp³-hybridized carbons (Fsp3) is 0.625. The monoisotopic (exact) mass is 154 g/mol. The van der Waals surface area contributed by atoms with Gasteiger partial charge in [0.05, 0.1) is 12.6 Å². The third-order valence-corrected chi connectivity index (χ3v) is 1.39. The van der Waals surface area contributed by atoms with Crippen molar-refractivity contribution < 1.29 is 4.79 Å². The van der Waals surface area contributed by atoms with Gasteiger partial charge in [-0.1, -0.05) is 19.8 Å². The largest absolute Gasteiger partial charge is 0.344 e. The molecule has 0 fully saturated rings. The first kappa shape index (κ1) is 9.99. The summed E-state index contributed by atoms with van der Waals surface area (Å²) in [4.78, 5) is 11.0. The van der Waals surface area contributed by atoms with Gasteiger partial charge in [-0.05, 0) is 5.92 Å². The maximum absolute atomic E-state index is 11.0. The number of carbonyl (C=O) groups excluding carboxylic acids is 1. The van der Waals surface area contributed by atoms with Crippen molar-refractivity contribution in [2.24, 2.45) is 11.7 Å². The molecule has 3 nitrogen and oxygen atoms in total. The van der Waals surface area contributed by atoms with Crippen LogP contribution in [0.3, 0.4) is 0 Å². The minimum atomic E-state index is -0.455. The van der Waals surface area contributed by atoms with Crippen LogP contribution in [-0.4, -0.2) is 18.5 Å². The van der Waals surface area contributed by atoms with Crippen LogP contribution < -0.4 is 11.1 Å². The molecule has 0 aliphatic carbocycles. The molecule has 0 spiro atoms. The number of hydrogen-bond acceptors (Lipinski definition) is 2. The molecule has 62 valence electrons. The van der Waals surface area contributed by atoms with Crippen LogP contribution in [0, 0.1) is 18.3 Å². The van der Waals surface area contributed by atoms with E-state index in [4.69, 9.17) is 12.2 Å². The second-order valence-corrected chi connectivity index (χ2v) is 2.69. The SMILES string of the molecule is C#CCNC(=O)C(N)C(C)C. The van der Waals surface area contributed by atoms with Gasteiger partial charge in [0.15, 0.2) is 0 Å². The summed E-state index contributed by atoms with van der Waals surface area (Å²) in [6.45, 7) is 4.03. The number of nitrogens with two attached hydrogens (primary N) is 1. The van der Waals surface area contributed by atoms with Gasteiger partial charge < -0.3 is 11.1 Å². The van der Waals surface area contributed by atoms with Crippen LogP contribution in [0.4, 0.5) is 0 Å². The third kappa shape index (κ3) is 3.64. The number of carbonyl (C=O) groups is 1. The molecule has 0 aromatic rings. The van der Waals surface area contributed by atoms with Crippen molar-refractivity contribution in [2.75, 3.05) is 6.54 Å². The summed E-state index contributed by atoms with van der Waals surface area (Å²) in [5.74, 6) is 2.27. The average molecular weight is 154 g/mol. The number of hydrogen-bond donors (Lipinski definition) is 2. The maximum atomic E-state index is 11.0. The number of nitrogens with one attached hydrogen (secondary N) is 1. The Bertz CT molecular complexity index is 169. The minimum absolute atomic E-state index is 0.146. The fourth-order valence-electron chi connectivity index (χ4n) is 0.559. The predicted octanol–water partition coefficient (Wildman–Crippen LogP) is -0.281. The van der Waals surface area contributed by atoms with E-state index in [1.54, 1.807) is 0 Å². The normalized spacial score (nSPS) is 12.3. The molecular weight excluding hydrogens is 140 g/mol. The van der Waals surface area contributed by atoms with Gasteiger partial charge in [-0.3, -0.25) is 4.79 Å². The standard InChI is InChI=1S/C8H14N2O/c1-4-5-10-8(11)7(9)6(2)3/h1,6-7H,5,9H2,2-3H3,(H,10,11). The molecule has 1 atom stereocenters. The highest BCUT2D eigenvalue weighted by molar-refractivity contribution is 5.81. The minimum Gasteiger partial charge on any atom is -0.344 e. The van der Waals surface area contributed by atoms with Crippen LogP contribution in [0.5, 0.6) is 0 Å². The van der Waals surface area contributed by atoms with Crippen LogP contribution in [0.2, 0.25) is 0 Å². The average Bonchev–Trinajstić information content (AvgIpc) is 1.98. The van der Waals surface area contributed by atoms with Gasteiger partial charge in [-0.2, -0.15) is 0 Å². The summed E-state index contributed by atoms with van der Waals surface area (Å²) in [6, 6.07) is -0.455. The molecule has 0 saturated heterocycles. The van der Waals surface area contributed by atoms with E-state index in [2.05, 4.69) is 11.2 Å². The van der Waals surface area contributed by atoms with E-state index in [1.807, 2.05) is 13.8 Å². The van der Waals surface area contributed by atoms with Crippen molar-refractivity contribution in [3.63, 3.8) is 0 Å². The molecule has 0 bridgehead atoms. The van der Waals surface area contributed by atoms with Crippen LogP contribution >= 0.6 is 0 Å². The van der Waals surface area contributed by atoms with E-state index in [0.29, 0.717) is 0 Å². The van der Waals surface area contributed by atoms with Crippen molar-refractivity contribution in [1.29, 1.82) is 0 Å². The molecule has 0 heterocycles. The van der Waals surface area contributed by atoms with Crippen LogP contribution in [0.1, 0.15) is 13.8 Å². The predicted molar refractivity (Wildman–Crippen MR) is 44.7 cm³/mol. The summed E-state index contributed by atoms with van der Waals surface area (Å²) in [7, 11) is 0. The number of terminal acetylenes is 1. The van der Waals surface area contributed by atoms with E-state index in [-0.39, 0.29) is 18.4 Å². The Morgan fingerprint density at radius 2 is 2.27 bits per heavy atom. The highest BCUT2D eigenvalue weighted by Crippen LogP contribution is 1.96. The van der Waals surface area contributed by atoms with Crippen molar-refractivity contribution in [2.45, 2.75) is 19.9 Å². The van der Waals surface area contributed by atoms with Gasteiger partial charge in [-0.25, -0.2) is 0 Å². The second-order valence-electron chi connectivity index (χ2n) is 2.69. The topological polar surface area (TPSA) is 55.1 Å². The Morgan fingerprint density at radius 1 is 1.73 bits per heavy atom. The summed E-state index contributed by atoms with van der Waals surface area (Å²) in [5.41, 5.74) is 5.52. The zero-order valence-corrected chi connectivity index (χ0v) is 6.92. The van der Waals surface area contributed by atoms with Crippen molar-refractivity contribution in [3.05, 3.63) is 0 Å². The van der Waals surface area contributed by atoms with Crippen molar-refractivity contribution in [3.8, 4) is 12.3 Å². The number of amides is 1. The highest BCUT2D eigenvalue weighted by atomic mass is 16.2. The summed E-state index contributed by atoms with van der Waals surface area (Å²) in [6.07, 6.45) is 4.95. The lowest BCUT2D eigenvalue weighted by molar-refractivity contribution is -0.122. The van der Waals surface area contributed by atoms with E-state index < -0.39 is 6.04 Å². The van der Waals surface area contributed by atoms with Crippen LogP contribution in [0.15, 0.2) is 0 Å². The molecule has 3 heteroatoms. The molecule has 3 N–H and O–H groups in total. The summed E-state index contributed by atoms with van der Waals surface area (Å²) in [5, 5.41) is 2.51. The van der Waals surface area contributed by atoms with Gasteiger partial charge in [0.1, 0.15) is 0 Å². The molecule has 1 amide bonds. The molecule has 1 unspecified atom stereocenters. The van der Waals surface area contributed by atoms with Gasteiger partial charge in [0, 0.05) is 0 Å². The summed E-state index contributed by atoms with van der Waals surface area (Å²) >= 11 is 0. The Morgan fingerprint density at radius 3 is 2.64 bits per heavy atom. The maximum Gasteiger partial charge on any atom is 0.237 e. The lowest BCUT2D eigenvalue weighted by atomic mass is 10.1. The number of rotatable bonds is 3. The first-order valence-corrected chi connectivity index (χ1v) is 3.56. The van der Waals surface area contributed by atoms with E-state index in [1.165, 1.54) is 0 Å². The van der Waals surface area contributed by atoms with E-state index in [0.717, 1.165) is 0 Å². The Labute approximate surface area is 67.3 Å². The lowest BCUT2D eigenvalue weighted by Crippen LogP contribution is -2.43. The first-order valence-electron chi connectivity index (χ1n) is 3.56. The third-order valence-electron chi connectivity index (χ3n) is 1.39. The quantitative estimate of drug-likeness (QED) is 0.549. The molecular formula is C8H14N2O. The lowest BCUT2D eigenvalue weighted by Gasteiger charge is -2.13. The van der Waals surface area contributed by atoms with E-state index in [9.17, 15) is 4.79 Å². The highest BCUT2D eigenvalue weighted by Gasteiger charge is 2.15. The Balaban J connectivity index is 3.76. The zero-order valence-electron chi connectivity index (χ0n) is 6.92. The van der Waals surface area contributed by atoms with Crippen molar-refractivity contribution in [1.82, 2.24) is 5.32 Å². The molecule has 0 saturated carbocycles. The smallest absolute Gasteiger partial charge is 0.237 e. The molecule has 0 radical (unpaired) electrons. The molecule has 0 aromatic heterocycles. The van der Waals surface area contributed by atoms with Crippen molar-refractivity contribution >= 4 is 5.91 Å². The molecule has 0 aliphatic rings. The molecule has 0 aromatic carbocycles. The second kappa shape index (κ2) is 4.75. The van der Waals surface area contributed by atoms with E-state index >= 15 is 0 Å². The summed E-state index contributed by atoms with van der Waals surface area (Å²) < 4.78 is 0. The Hall–Kier alpha value is -1.01. The molecule has 11 heavy (non-hydrogen) atoms. The fourth-order valence-corrected chi connectivity index (χ4v) is 0.559. The van der Waals surface area contributed by atoms with Gasteiger partial charge >= 0.3 is 0 Å². The Kier molecular flexibility index (Phi) is 4.32. The van der Waals surface area contributed by atoms with Crippen LogP contribution in [-0.2, 0) is 4.79 Å². The van der Waals surface area contributed by atoms with Gasteiger partial charge in [-0.15, -0.1) is 6.42 Å². The van der Waals surface area contributed by atoms with Gasteiger partial charge in [0.25, 0.3) is 0 Å². The van der Waals surface area contributed by atoms with Gasteiger partial charge in [0.2, 0.25) is 5.91 Å². The molecule has 0 aliphatic heterocycles. The molecule has 0 rings (SSSR count). The van der Waals surface area contributed by atoms with Crippen LogP contribution in [0.25, 0.3) is 0 Å². The zero-order chi connectivity index (χ0) is 8.85.